The lowest BCUT2D eigenvalue weighted by atomic mass is 10.1. The van der Waals surface area contributed by atoms with Gasteiger partial charge in [-0.2, -0.15) is 0 Å². The molecular weight excluding hydrogens is 332 g/mol. The highest BCUT2D eigenvalue weighted by Crippen LogP contribution is 2.26. The molecule has 2 aromatic rings. The molecule has 4 nitrogen and oxygen atoms in total. The van der Waals surface area contributed by atoms with Gasteiger partial charge in [0.2, 0.25) is 0 Å². The van der Waals surface area contributed by atoms with Gasteiger partial charge in [-0.15, -0.1) is 0 Å². The van der Waals surface area contributed by atoms with Crippen LogP contribution in [-0.2, 0) is 13.0 Å². The summed E-state index contributed by atoms with van der Waals surface area (Å²) < 4.78 is 0.506. The average Bonchev–Trinajstić information content (AvgIpc) is 2.49. The summed E-state index contributed by atoms with van der Waals surface area (Å²) in [6.45, 7) is 2.75. The van der Waals surface area contributed by atoms with E-state index >= 15 is 0 Å². The number of anilines is 1. The molecule has 0 radical (unpaired) electrons. The maximum Gasteiger partial charge on any atom is 0.283 e. The monoisotopic (exact) mass is 348 g/mol. The number of benzene rings is 2. The van der Waals surface area contributed by atoms with Gasteiger partial charge in [-0.1, -0.05) is 25.1 Å². The van der Waals surface area contributed by atoms with Gasteiger partial charge in [-0.05, 0) is 51.7 Å². The molecular formula is C16H17BrN2O2. The second-order valence-corrected chi connectivity index (χ2v) is 5.77. The third-order valence-electron chi connectivity index (χ3n) is 3.41. The largest absolute Gasteiger partial charge is 0.370 e. The lowest BCUT2D eigenvalue weighted by Gasteiger charge is -2.19. The Morgan fingerprint density at radius 3 is 2.33 bits per heavy atom. The molecule has 5 heteroatoms. The van der Waals surface area contributed by atoms with Crippen LogP contribution in [0.2, 0.25) is 0 Å². The van der Waals surface area contributed by atoms with Crippen molar-refractivity contribution in [1.82, 2.24) is 0 Å². The van der Waals surface area contributed by atoms with Gasteiger partial charge < -0.3 is 4.90 Å². The molecule has 0 aromatic heterocycles. The van der Waals surface area contributed by atoms with Crippen LogP contribution in [-0.4, -0.2) is 12.0 Å². The summed E-state index contributed by atoms with van der Waals surface area (Å²) in [5, 5.41) is 11.0. The maximum atomic E-state index is 11.0. The van der Waals surface area contributed by atoms with Gasteiger partial charge in [0.1, 0.15) is 0 Å². The first kappa shape index (κ1) is 15.5. The highest BCUT2D eigenvalue weighted by Gasteiger charge is 2.13. The Balaban J connectivity index is 2.16. The minimum atomic E-state index is -0.371. The van der Waals surface area contributed by atoms with Gasteiger partial charge in [-0.25, -0.2) is 0 Å². The van der Waals surface area contributed by atoms with Crippen molar-refractivity contribution in [3.8, 4) is 0 Å². The first-order chi connectivity index (χ1) is 10.0. The summed E-state index contributed by atoms with van der Waals surface area (Å²) in [5.41, 5.74) is 3.40. The van der Waals surface area contributed by atoms with Crippen molar-refractivity contribution >= 4 is 27.3 Å². The predicted octanol–water partition coefficient (Wildman–Crippen LogP) is 4.56. The Labute approximate surface area is 132 Å². The van der Waals surface area contributed by atoms with Crippen LogP contribution in [0.4, 0.5) is 11.4 Å². The van der Waals surface area contributed by atoms with E-state index in [0.717, 1.165) is 17.7 Å². The molecule has 0 aliphatic carbocycles. The van der Waals surface area contributed by atoms with Crippen molar-refractivity contribution in [2.45, 2.75) is 19.9 Å². The molecule has 0 heterocycles. The van der Waals surface area contributed by atoms with Gasteiger partial charge in [-0.3, -0.25) is 10.1 Å². The van der Waals surface area contributed by atoms with Gasteiger partial charge in [0.05, 0.1) is 9.40 Å². The topological polar surface area (TPSA) is 46.4 Å². The first-order valence-electron chi connectivity index (χ1n) is 6.74. The number of halogens is 1. The molecule has 0 bridgehead atoms. The summed E-state index contributed by atoms with van der Waals surface area (Å²) in [7, 11) is 1.98. The number of nitro benzene ring substituents is 1. The zero-order valence-corrected chi connectivity index (χ0v) is 13.6. The lowest BCUT2D eigenvalue weighted by molar-refractivity contribution is -0.385. The SMILES string of the molecule is CCc1ccc(N(C)Cc2ccc(Br)c([N+](=O)[O-])c2)cc1. The molecule has 0 saturated carbocycles. The van der Waals surface area contributed by atoms with E-state index in [-0.39, 0.29) is 10.6 Å². The van der Waals surface area contributed by atoms with Crippen LogP contribution in [0.3, 0.4) is 0 Å². The summed E-state index contributed by atoms with van der Waals surface area (Å²) in [4.78, 5) is 12.7. The number of hydrogen-bond acceptors (Lipinski definition) is 3. The van der Waals surface area contributed by atoms with Crippen LogP contribution in [0.15, 0.2) is 46.9 Å². The Hall–Kier alpha value is -1.88. The highest BCUT2D eigenvalue weighted by atomic mass is 79.9. The first-order valence-corrected chi connectivity index (χ1v) is 7.53. The minimum absolute atomic E-state index is 0.0993. The third-order valence-corrected chi connectivity index (χ3v) is 4.08. The number of nitro groups is 1. The Bertz CT molecular complexity index is 641. The Kier molecular flexibility index (Phi) is 4.96. The van der Waals surface area contributed by atoms with Gasteiger partial charge in [0.15, 0.2) is 0 Å². The highest BCUT2D eigenvalue weighted by molar-refractivity contribution is 9.10. The van der Waals surface area contributed by atoms with E-state index in [1.54, 1.807) is 12.1 Å². The molecule has 0 amide bonds. The number of rotatable bonds is 5. The van der Waals surface area contributed by atoms with E-state index in [9.17, 15) is 10.1 Å². The number of nitrogens with zero attached hydrogens (tertiary/aromatic N) is 2. The third kappa shape index (κ3) is 3.82. The molecule has 0 fully saturated rings. The molecule has 2 rings (SSSR count). The van der Waals surface area contributed by atoms with E-state index in [0.29, 0.717) is 11.0 Å². The fourth-order valence-corrected chi connectivity index (χ4v) is 2.54. The molecule has 110 valence electrons. The second-order valence-electron chi connectivity index (χ2n) is 4.92. The van der Waals surface area contributed by atoms with Crippen molar-refractivity contribution in [2.24, 2.45) is 0 Å². The van der Waals surface area contributed by atoms with Crippen LogP contribution < -0.4 is 4.90 Å². The van der Waals surface area contributed by atoms with E-state index < -0.39 is 0 Å². The summed E-state index contributed by atoms with van der Waals surface area (Å²) in [6, 6.07) is 13.6. The molecule has 0 unspecified atom stereocenters. The Morgan fingerprint density at radius 2 is 1.76 bits per heavy atom. The zero-order valence-electron chi connectivity index (χ0n) is 12.0. The molecule has 0 spiro atoms. The normalized spacial score (nSPS) is 10.4. The van der Waals surface area contributed by atoms with E-state index in [1.807, 2.05) is 13.1 Å². The lowest BCUT2D eigenvalue weighted by Crippen LogP contribution is -2.16. The van der Waals surface area contributed by atoms with Crippen LogP contribution in [0, 0.1) is 10.1 Å². The quantitative estimate of drug-likeness (QED) is 0.587. The smallest absolute Gasteiger partial charge is 0.283 e. The number of hydrogen-bond donors (Lipinski definition) is 0. The fraction of sp³-hybridized carbons (Fsp3) is 0.250. The van der Waals surface area contributed by atoms with Gasteiger partial charge in [0, 0.05) is 25.3 Å². The molecule has 0 atom stereocenters. The van der Waals surface area contributed by atoms with Crippen molar-refractivity contribution in [3.05, 3.63) is 68.2 Å². The predicted molar refractivity (Wildman–Crippen MR) is 88.7 cm³/mol. The molecule has 0 saturated heterocycles. The number of aryl methyl sites for hydroxylation is 1. The van der Waals surface area contributed by atoms with Crippen LogP contribution in [0.25, 0.3) is 0 Å². The van der Waals surface area contributed by atoms with E-state index in [4.69, 9.17) is 0 Å². The van der Waals surface area contributed by atoms with Crippen molar-refractivity contribution in [3.63, 3.8) is 0 Å². The summed E-state index contributed by atoms with van der Waals surface area (Å²) in [6.07, 6.45) is 1.02. The van der Waals surface area contributed by atoms with Crippen LogP contribution >= 0.6 is 15.9 Å². The molecule has 2 aromatic carbocycles. The fourth-order valence-electron chi connectivity index (χ4n) is 2.15. The van der Waals surface area contributed by atoms with Crippen molar-refractivity contribution in [1.29, 1.82) is 0 Å². The summed E-state index contributed by atoms with van der Waals surface area (Å²) in [5.74, 6) is 0. The standard InChI is InChI=1S/C16H17BrN2O2/c1-3-12-4-7-14(8-5-12)18(2)11-13-6-9-15(17)16(10-13)19(20)21/h4-10H,3,11H2,1-2H3. The zero-order chi connectivity index (χ0) is 15.4. The minimum Gasteiger partial charge on any atom is -0.370 e. The second kappa shape index (κ2) is 6.72. The van der Waals surface area contributed by atoms with Gasteiger partial charge in [0.25, 0.3) is 5.69 Å². The van der Waals surface area contributed by atoms with Crippen molar-refractivity contribution in [2.75, 3.05) is 11.9 Å². The molecule has 21 heavy (non-hydrogen) atoms. The molecule has 0 aliphatic heterocycles. The maximum absolute atomic E-state index is 11.0. The Morgan fingerprint density at radius 1 is 1.14 bits per heavy atom. The molecule has 0 N–H and O–H groups in total. The van der Waals surface area contributed by atoms with Crippen molar-refractivity contribution < 1.29 is 4.92 Å². The molecule has 0 aliphatic rings. The van der Waals surface area contributed by atoms with E-state index in [1.165, 1.54) is 5.56 Å². The van der Waals surface area contributed by atoms with Crippen LogP contribution in [0.1, 0.15) is 18.1 Å². The summed E-state index contributed by atoms with van der Waals surface area (Å²) >= 11 is 3.20. The average molecular weight is 349 g/mol. The van der Waals surface area contributed by atoms with Crippen LogP contribution in [0.5, 0.6) is 0 Å². The van der Waals surface area contributed by atoms with Gasteiger partial charge >= 0.3 is 0 Å². The van der Waals surface area contributed by atoms with E-state index in [2.05, 4.69) is 52.0 Å².